The third kappa shape index (κ3) is 3.25. The summed E-state index contributed by atoms with van der Waals surface area (Å²) in [6, 6.07) is 31.7. The van der Waals surface area contributed by atoms with E-state index in [9.17, 15) is 0 Å². The maximum Gasteiger partial charge on any atom is 0.138 e. The molecule has 28 heavy (non-hydrogen) atoms. The highest BCUT2D eigenvalue weighted by Gasteiger charge is 2.39. The second-order valence-corrected chi connectivity index (χ2v) is 6.74. The smallest absolute Gasteiger partial charge is 0.138 e. The Morgan fingerprint density at radius 2 is 1.21 bits per heavy atom. The van der Waals surface area contributed by atoms with Crippen LogP contribution in [0.1, 0.15) is 29.2 Å². The Balaban J connectivity index is 2.00. The lowest BCUT2D eigenvalue weighted by atomic mass is 9.77. The van der Waals surface area contributed by atoms with Crippen LogP contribution < -0.4 is 0 Å². The zero-order valence-electron chi connectivity index (χ0n) is 16.0. The van der Waals surface area contributed by atoms with E-state index >= 15 is 0 Å². The third-order valence-electron chi connectivity index (χ3n) is 5.03. The molecule has 1 heterocycles. The molecule has 0 amide bonds. The van der Waals surface area contributed by atoms with E-state index in [1.54, 1.807) is 0 Å². The van der Waals surface area contributed by atoms with Crippen LogP contribution in [-0.2, 0) is 16.9 Å². The van der Waals surface area contributed by atoms with E-state index in [1.165, 1.54) is 16.7 Å². The van der Waals surface area contributed by atoms with Gasteiger partial charge >= 0.3 is 0 Å². The van der Waals surface area contributed by atoms with Gasteiger partial charge in [-0.2, -0.15) is 5.10 Å². The fourth-order valence-corrected chi connectivity index (χ4v) is 3.77. The number of hydrogen-bond donors (Lipinski definition) is 0. The quantitative estimate of drug-likeness (QED) is 0.416. The lowest BCUT2D eigenvalue weighted by Crippen LogP contribution is -2.38. The van der Waals surface area contributed by atoms with E-state index in [2.05, 4.69) is 83.7 Å². The van der Waals surface area contributed by atoms with Gasteiger partial charge < -0.3 is 4.74 Å². The van der Waals surface area contributed by atoms with Gasteiger partial charge in [0, 0.05) is 18.4 Å². The molecule has 0 bridgehead atoms. The van der Waals surface area contributed by atoms with Gasteiger partial charge in [0.15, 0.2) is 0 Å². The summed E-state index contributed by atoms with van der Waals surface area (Å²) in [5, 5.41) is 4.81. The summed E-state index contributed by atoms with van der Waals surface area (Å²) in [4.78, 5) is 0. The maximum absolute atomic E-state index is 5.61. The lowest BCUT2D eigenvalue weighted by Gasteiger charge is -2.36. The predicted molar refractivity (Wildman–Crippen MR) is 112 cm³/mol. The highest BCUT2D eigenvalue weighted by atomic mass is 16.5. The first-order valence-corrected chi connectivity index (χ1v) is 9.64. The minimum atomic E-state index is -0.561. The molecular formula is C25H24N2O. The minimum absolute atomic E-state index is 0.560. The summed E-state index contributed by atoms with van der Waals surface area (Å²) >= 11 is 0. The molecule has 140 valence electrons. The summed E-state index contributed by atoms with van der Waals surface area (Å²) in [6.07, 6.45) is 4.00. The van der Waals surface area contributed by atoms with Gasteiger partial charge in [-0.05, 0) is 23.6 Å². The predicted octanol–water partition coefficient (Wildman–Crippen LogP) is 5.26. The zero-order chi connectivity index (χ0) is 19.2. The first kappa shape index (κ1) is 18.2. The SMILES string of the molecule is CCOCc1cnn(C(c2ccccc2)(c2ccccc2)c2ccccc2)c1. The van der Waals surface area contributed by atoms with Gasteiger partial charge in [0.25, 0.3) is 0 Å². The van der Waals surface area contributed by atoms with Crippen LogP contribution in [0.25, 0.3) is 0 Å². The van der Waals surface area contributed by atoms with Crippen LogP contribution in [0.3, 0.4) is 0 Å². The van der Waals surface area contributed by atoms with E-state index in [1.807, 2.05) is 31.3 Å². The number of aromatic nitrogens is 2. The van der Waals surface area contributed by atoms with Crippen molar-refractivity contribution < 1.29 is 4.74 Å². The van der Waals surface area contributed by atoms with Crippen LogP contribution in [0.15, 0.2) is 103 Å². The summed E-state index contributed by atoms with van der Waals surface area (Å²) in [7, 11) is 0. The fourth-order valence-electron chi connectivity index (χ4n) is 3.77. The number of nitrogens with zero attached hydrogens (tertiary/aromatic N) is 2. The molecule has 3 heteroatoms. The summed E-state index contributed by atoms with van der Waals surface area (Å²) in [5.74, 6) is 0. The number of rotatable bonds is 7. The van der Waals surface area contributed by atoms with Crippen LogP contribution >= 0.6 is 0 Å². The highest BCUT2D eigenvalue weighted by molar-refractivity contribution is 5.50. The van der Waals surface area contributed by atoms with Gasteiger partial charge in [0.1, 0.15) is 5.54 Å². The Morgan fingerprint density at radius 1 is 0.750 bits per heavy atom. The molecule has 0 aliphatic heterocycles. The zero-order valence-corrected chi connectivity index (χ0v) is 16.0. The van der Waals surface area contributed by atoms with Crippen LogP contribution in [0.2, 0.25) is 0 Å². The molecule has 3 aromatic carbocycles. The summed E-state index contributed by atoms with van der Waals surface area (Å²) < 4.78 is 7.68. The Labute approximate surface area is 166 Å². The standard InChI is InChI=1S/C25H24N2O/c1-2-28-20-21-18-26-27(19-21)25(22-12-6-3-7-13-22,23-14-8-4-9-15-23)24-16-10-5-11-17-24/h3-19H,2,20H2,1H3. The van der Waals surface area contributed by atoms with Gasteiger partial charge in [-0.3, -0.25) is 4.68 Å². The summed E-state index contributed by atoms with van der Waals surface area (Å²) in [5.41, 5.74) is 4.00. The number of benzene rings is 3. The molecule has 0 spiro atoms. The number of hydrogen-bond acceptors (Lipinski definition) is 2. The van der Waals surface area contributed by atoms with Gasteiger partial charge in [-0.15, -0.1) is 0 Å². The Hall–Kier alpha value is -3.17. The largest absolute Gasteiger partial charge is 0.377 e. The fraction of sp³-hybridized carbons (Fsp3) is 0.160. The molecule has 0 unspecified atom stereocenters. The maximum atomic E-state index is 5.61. The van der Waals surface area contributed by atoms with Crippen LogP contribution in [-0.4, -0.2) is 16.4 Å². The van der Waals surface area contributed by atoms with E-state index < -0.39 is 5.54 Å². The van der Waals surface area contributed by atoms with Gasteiger partial charge in [-0.25, -0.2) is 0 Å². The van der Waals surface area contributed by atoms with Crippen molar-refractivity contribution in [1.29, 1.82) is 0 Å². The average molecular weight is 368 g/mol. The average Bonchev–Trinajstić information content (AvgIpc) is 3.24. The molecule has 4 aromatic rings. The number of ether oxygens (including phenoxy) is 1. The molecule has 0 radical (unpaired) electrons. The van der Waals surface area contributed by atoms with Crippen LogP contribution in [0.5, 0.6) is 0 Å². The molecule has 0 aliphatic rings. The molecule has 4 rings (SSSR count). The van der Waals surface area contributed by atoms with Gasteiger partial charge in [0.05, 0.1) is 12.8 Å². The molecule has 0 atom stereocenters. The van der Waals surface area contributed by atoms with Gasteiger partial charge in [0.2, 0.25) is 0 Å². The van der Waals surface area contributed by atoms with Crippen molar-refractivity contribution in [2.24, 2.45) is 0 Å². The molecule has 0 aliphatic carbocycles. The van der Waals surface area contributed by atoms with E-state index in [4.69, 9.17) is 9.84 Å². The molecule has 0 saturated carbocycles. The van der Waals surface area contributed by atoms with Crippen LogP contribution in [0, 0.1) is 0 Å². The van der Waals surface area contributed by atoms with Crippen molar-refractivity contribution in [3.05, 3.63) is 126 Å². The van der Waals surface area contributed by atoms with Crippen molar-refractivity contribution in [2.45, 2.75) is 19.1 Å². The third-order valence-corrected chi connectivity index (χ3v) is 5.03. The first-order valence-electron chi connectivity index (χ1n) is 9.64. The normalized spacial score (nSPS) is 11.5. The lowest BCUT2D eigenvalue weighted by molar-refractivity contribution is 0.134. The molecule has 0 fully saturated rings. The van der Waals surface area contributed by atoms with Crippen molar-refractivity contribution in [2.75, 3.05) is 6.61 Å². The van der Waals surface area contributed by atoms with E-state index in [-0.39, 0.29) is 0 Å². The minimum Gasteiger partial charge on any atom is -0.377 e. The Bertz CT molecular complexity index is 898. The molecule has 3 nitrogen and oxygen atoms in total. The second kappa shape index (κ2) is 8.24. The van der Waals surface area contributed by atoms with Crippen molar-refractivity contribution >= 4 is 0 Å². The molecule has 0 saturated heterocycles. The Morgan fingerprint density at radius 3 is 1.64 bits per heavy atom. The highest BCUT2D eigenvalue weighted by Crippen LogP contribution is 2.40. The van der Waals surface area contributed by atoms with Crippen molar-refractivity contribution in [3.63, 3.8) is 0 Å². The van der Waals surface area contributed by atoms with Gasteiger partial charge in [-0.1, -0.05) is 91.0 Å². The van der Waals surface area contributed by atoms with Crippen molar-refractivity contribution in [3.8, 4) is 0 Å². The molecule has 1 aromatic heterocycles. The van der Waals surface area contributed by atoms with E-state index in [0.29, 0.717) is 13.2 Å². The van der Waals surface area contributed by atoms with E-state index in [0.717, 1.165) is 5.56 Å². The second-order valence-electron chi connectivity index (χ2n) is 6.74. The topological polar surface area (TPSA) is 27.1 Å². The Kier molecular flexibility index (Phi) is 5.36. The molecule has 0 N–H and O–H groups in total. The first-order chi connectivity index (χ1) is 13.9. The monoisotopic (exact) mass is 368 g/mol. The molecular weight excluding hydrogens is 344 g/mol. The summed E-state index contributed by atoms with van der Waals surface area (Å²) in [6.45, 7) is 3.25. The van der Waals surface area contributed by atoms with Crippen molar-refractivity contribution in [1.82, 2.24) is 9.78 Å². The van der Waals surface area contributed by atoms with Crippen LogP contribution in [0.4, 0.5) is 0 Å².